The second-order valence-corrected chi connectivity index (χ2v) is 9.58. The first-order valence-electron chi connectivity index (χ1n) is 11.0. The molecule has 2 fully saturated rings. The Kier molecular flexibility index (Phi) is 7.23. The van der Waals surface area contributed by atoms with Crippen molar-refractivity contribution in [3.8, 4) is 17.2 Å². The minimum atomic E-state index is -3.77. The number of hydrogen-bond acceptors (Lipinski definition) is 9. The maximum absolute atomic E-state index is 13.6. The summed E-state index contributed by atoms with van der Waals surface area (Å²) in [6.45, 7) is 8.57. The first kappa shape index (κ1) is 22.9. The van der Waals surface area contributed by atoms with Gasteiger partial charge < -0.3 is 14.2 Å². The fourth-order valence-corrected chi connectivity index (χ4v) is 5.85. The Hall–Kier alpha value is -2.28. The van der Waals surface area contributed by atoms with Gasteiger partial charge >= 0.3 is 0 Å². The molecule has 11 nitrogen and oxygen atoms in total. The lowest BCUT2D eigenvalue weighted by atomic mass is 10.0. The van der Waals surface area contributed by atoms with Crippen molar-refractivity contribution in [2.45, 2.75) is 37.6 Å². The molecule has 0 saturated carbocycles. The van der Waals surface area contributed by atoms with Crippen LogP contribution in [0.4, 0.5) is 0 Å². The first-order valence-corrected chi connectivity index (χ1v) is 12.5. The van der Waals surface area contributed by atoms with Gasteiger partial charge in [-0.15, -0.1) is 5.10 Å². The smallest absolute Gasteiger partial charge is 0.246 e. The normalized spacial score (nSPS) is 19.2. The molecule has 0 spiro atoms. The van der Waals surface area contributed by atoms with Gasteiger partial charge in [0.05, 0.1) is 26.4 Å². The number of aromatic nitrogens is 4. The van der Waals surface area contributed by atoms with E-state index in [0.717, 1.165) is 39.1 Å². The van der Waals surface area contributed by atoms with Gasteiger partial charge in [0, 0.05) is 44.4 Å². The summed E-state index contributed by atoms with van der Waals surface area (Å²) in [5.74, 6) is 0.641. The average Bonchev–Trinajstić information content (AvgIpc) is 3.35. The third-order valence-corrected chi connectivity index (χ3v) is 7.74. The zero-order valence-electron chi connectivity index (χ0n) is 18.5. The predicted octanol–water partition coefficient (Wildman–Crippen LogP) is 0.945. The molecule has 1 aromatic heterocycles. The Bertz CT molecular complexity index is 986. The molecule has 0 N–H and O–H groups in total. The molecule has 3 heterocycles. The van der Waals surface area contributed by atoms with E-state index in [4.69, 9.17) is 14.2 Å². The molecule has 4 rings (SSSR count). The molecule has 0 atom stereocenters. The van der Waals surface area contributed by atoms with Crippen LogP contribution in [0.3, 0.4) is 0 Å². The van der Waals surface area contributed by atoms with Crippen molar-refractivity contribution < 1.29 is 22.6 Å². The van der Waals surface area contributed by atoms with Crippen LogP contribution in [0.2, 0.25) is 0 Å². The van der Waals surface area contributed by atoms with E-state index in [9.17, 15) is 8.42 Å². The Labute approximate surface area is 188 Å². The third-order valence-electron chi connectivity index (χ3n) is 5.82. The molecule has 2 aromatic rings. The van der Waals surface area contributed by atoms with Crippen LogP contribution in [-0.2, 0) is 14.8 Å². The van der Waals surface area contributed by atoms with E-state index < -0.39 is 10.0 Å². The van der Waals surface area contributed by atoms with Crippen LogP contribution in [-0.4, -0.2) is 96.5 Å². The summed E-state index contributed by atoms with van der Waals surface area (Å²) in [5, 5.41) is 11.2. The van der Waals surface area contributed by atoms with Crippen LogP contribution in [0.5, 0.6) is 11.5 Å². The summed E-state index contributed by atoms with van der Waals surface area (Å²) in [6, 6.07) is 3.53. The highest BCUT2D eigenvalue weighted by molar-refractivity contribution is 7.89. The summed E-state index contributed by atoms with van der Waals surface area (Å²) < 4.78 is 47.2. The fraction of sp³-hybridized carbons (Fsp3) is 0.650. The van der Waals surface area contributed by atoms with Crippen LogP contribution in [0.1, 0.15) is 26.7 Å². The van der Waals surface area contributed by atoms with Crippen molar-refractivity contribution in [2.24, 2.45) is 0 Å². The van der Waals surface area contributed by atoms with E-state index in [-0.39, 0.29) is 10.6 Å². The molecule has 2 saturated heterocycles. The average molecular weight is 467 g/mol. The van der Waals surface area contributed by atoms with E-state index in [1.165, 1.54) is 17.1 Å². The Balaban J connectivity index is 1.61. The molecule has 0 aliphatic carbocycles. The predicted molar refractivity (Wildman–Crippen MR) is 116 cm³/mol. The summed E-state index contributed by atoms with van der Waals surface area (Å²) in [4.78, 5) is 2.51. The second kappa shape index (κ2) is 10.1. The molecule has 0 unspecified atom stereocenters. The molecule has 1 aromatic carbocycles. The van der Waals surface area contributed by atoms with Gasteiger partial charge in [0.25, 0.3) is 0 Å². The van der Waals surface area contributed by atoms with Crippen molar-refractivity contribution in [2.75, 3.05) is 52.6 Å². The lowest BCUT2D eigenvalue weighted by Gasteiger charge is -2.39. The Morgan fingerprint density at radius 1 is 1.03 bits per heavy atom. The quantitative estimate of drug-likeness (QED) is 0.561. The molecular weight excluding hydrogens is 436 g/mol. The zero-order chi connectivity index (χ0) is 22.6. The van der Waals surface area contributed by atoms with Gasteiger partial charge in [-0.3, -0.25) is 4.90 Å². The lowest BCUT2D eigenvalue weighted by molar-refractivity contribution is 0.00609. The van der Waals surface area contributed by atoms with Crippen LogP contribution in [0.15, 0.2) is 23.4 Å². The van der Waals surface area contributed by atoms with E-state index in [0.29, 0.717) is 43.8 Å². The van der Waals surface area contributed by atoms with Gasteiger partial charge in [0.15, 0.2) is 0 Å². The van der Waals surface area contributed by atoms with Crippen molar-refractivity contribution in [1.82, 2.24) is 29.4 Å². The molecule has 0 radical (unpaired) electrons. The van der Waals surface area contributed by atoms with Gasteiger partial charge in [-0.25, -0.2) is 8.42 Å². The van der Waals surface area contributed by atoms with Gasteiger partial charge in [0.1, 0.15) is 28.4 Å². The number of ether oxygens (including phenoxy) is 3. The van der Waals surface area contributed by atoms with Crippen molar-refractivity contribution in [1.29, 1.82) is 0 Å². The summed E-state index contributed by atoms with van der Waals surface area (Å²) in [6.07, 6.45) is 3.02. The largest absolute Gasteiger partial charge is 0.492 e. The van der Waals surface area contributed by atoms with Gasteiger partial charge in [-0.2, -0.15) is 8.99 Å². The standard InChI is InChI=1S/C20H30N6O5S/c1-3-30-18-14-20(19(31-4-2)13-17(18)26-15-21-22-23-26)32(27,28)25-7-5-16(6-8-25)24-9-11-29-12-10-24/h13-16H,3-12H2,1-2H3. The van der Waals surface area contributed by atoms with E-state index in [1.54, 1.807) is 10.4 Å². The number of morpholine rings is 1. The summed E-state index contributed by atoms with van der Waals surface area (Å²) >= 11 is 0. The van der Waals surface area contributed by atoms with Crippen molar-refractivity contribution in [3.05, 3.63) is 18.5 Å². The van der Waals surface area contributed by atoms with E-state index in [1.807, 2.05) is 13.8 Å². The number of hydrogen-bond donors (Lipinski definition) is 0. The van der Waals surface area contributed by atoms with E-state index >= 15 is 0 Å². The number of piperidine rings is 1. The number of tetrazole rings is 1. The van der Waals surface area contributed by atoms with Crippen LogP contribution >= 0.6 is 0 Å². The topological polar surface area (TPSA) is 112 Å². The lowest BCUT2D eigenvalue weighted by Crippen LogP contribution is -2.50. The molecule has 32 heavy (non-hydrogen) atoms. The Morgan fingerprint density at radius 3 is 2.34 bits per heavy atom. The van der Waals surface area contributed by atoms with E-state index in [2.05, 4.69) is 20.4 Å². The third kappa shape index (κ3) is 4.72. The van der Waals surface area contributed by atoms with Gasteiger partial charge in [-0.05, 0) is 37.1 Å². The first-order chi connectivity index (χ1) is 15.5. The molecule has 0 bridgehead atoms. The monoisotopic (exact) mass is 466 g/mol. The summed E-state index contributed by atoms with van der Waals surface area (Å²) in [5.41, 5.74) is 0.519. The van der Waals surface area contributed by atoms with Gasteiger partial charge in [-0.1, -0.05) is 0 Å². The SMILES string of the molecule is CCOc1cc(S(=O)(=O)N2CCC(N3CCOCC3)CC2)c(OCC)cc1-n1cnnn1. The number of rotatable bonds is 8. The maximum Gasteiger partial charge on any atom is 0.246 e. The van der Waals surface area contributed by atoms with Crippen LogP contribution in [0, 0.1) is 0 Å². The zero-order valence-corrected chi connectivity index (χ0v) is 19.3. The van der Waals surface area contributed by atoms with Gasteiger partial charge in [0.2, 0.25) is 10.0 Å². The molecular formula is C20H30N6O5S. The molecule has 2 aliphatic rings. The molecule has 2 aliphatic heterocycles. The Morgan fingerprint density at radius 2 is 1.72 bits per heavy atom. The summed E-state index contributed by atoms with van der Waals surface area (Å²) in [7, 11) is -3.77. The fourth-order valence-electron chi connectivity index (χ4n) is 4.25. The minimum Gasteiger partial charge on any atom is -0.492 e. The number of sulfonamides is 1. The highest BCUT2D eigenvalue weighted by atomic mass is 32.2. The molecule has 0 amide bonds. The highest BCUT2D eigenvalue weighted by Crippen LogP contribution is 2.37. The van der Waals surface area contributed by atoms with Crippen LogP contribution < -0.4 is 9.47 Å². The highest BCUT2D eigenvalue weighted by Gasteiger charge is 2.34. The number of nitrogens with zero attached hydrogens (tertiary/aromatic N) is 6. The minimum absolute atomic E-state index is 0.101. The molecule has 12 heteroatoms. The number of benzene rings is 1. The molecule has 176 valence electrons. The van der Waals surface area contributed by atoms with Crippen molar-refractivity contribution in [3.63, 3.8) is 0 Å². The maximum atomic E-state index is 13.6. The van der Waals surface area contributed by atoms with Crippen molar-refractivity contribution >= 4 is 10.0 Å². The van der Waals surface area contributed by atoms with Crippen LogP contribution in [0.25, 0.3) is 5.69 Å². The second-order valence-electron chi connectivity index (χ2n) is 7.67.